The molecule has 0 aliphatic carbocycles. The van der Waals surface area contributed by atoms with Crippen LogP contribution in [0, 0.1) is 0 Å². The number of halogens is 3. The van der Waals surface area contributed by atoms with Gasteiger partial charge in [-0.1, -0.05) is 13.0 Å². The average molecular weight is 268 g/mol. The molecule has 96 valence electrons. The molecule has 0 bridgehead atoms. The van der Waals surface area contributed by atoms with E-state index in [-0.39, 0.29) is 11.4 Å². The Morgan fingerprint density at radius 1 is 1.35 bits per heavy atom. The van der Waals surface area contributed by atoms with Crippen LogP contribution in [0.3, 0.4) is 0 Å². The van der Waals surface area contributed by atoms with Crippen molar-refractivity contribution in [3.63, 3.8) is 0 Å². The van der Waals surface area contributed by atoms with E-state index in [0.717, 1.165) is 11.6 Å². The third-order valence-corrected chi connectivity index (χ3v) is 3.20. The molecule has 8 heteroatoms. The molecule has 0 amide bonds. The molecule has 1 aromatic rings. The normalized spacial score (nSPS) is 12.5. The highest BCUT2D eigenvalue weighted by Gasteiger charge is 2.46. The number of rotatable bonds is 3. The van der Waals surface area contributed by atoms with Crippen LogP contribution in [0.5, 0.6) is 0 Å². The molecule has 0 aliphatic heterocycles. The van der Waals surface area contributed by atoms with E-state index in [1.54, 1.807) is 0 Å². The minimum atomic E-state index is -5.39. The summed E-state index contributed by atoms with van der Waals surface area (Å²) in [6.45, 7) is 1.82. The monoisotopic (exact) mass is 268 g/mol. The topological polar surface area (TPSA) is 72.2 Å². The lowest BCUT2D eigenvalue weighted by Crippen LogP contribution is -2.29. The van der Waals surface area contributed by atoms with Crippen LogP contribution in [-0.2, 0) is 16.4 Å². The maximum atomic E-state index is 12.1. The quantitative estimate of drug-likeness (QED) is 0.824. The molecule has 1 rings (SSSR count). The molecular weight excluding hydrogens is 257 g/mol. The number of benzene rings is 1. The van der Waals surface area contributed by atoms with Crippen LogP contribution in [-0.4, -0.2) is 13.9 Å². The molecule has 0 heterocycles. The molecule has 0 atom stereocenters. The number of anilines is 2. The molecule has 3 N–H and O–H groups in total. The Kier molecular flexibility index (Phi) is 3.56. The Bertz CT molecular complexity index is 511. The standard InChI is InChI=1S/C9H11F3N2O2S/c1-2-6-3-4-7(5-8(6)13)14-17(15,16)9(10,11)12/h3-5,14H,2,13H2,1H3. The zero-order valence-electron chi connectivity index (χ0n) is 8.88. The van der Waals surface area contributed by atoms with E-state index in [2.05, 4.69) is 0 Å². The molecule has 0 radical (unpaired) electrons. The van der Waals surface area contributed by atoms with Gasteiger partial charge in [0, 0.05) is 5.69 Å². The summed E-state index contributed by atoms with van der Waals surface area (Å²) < 4.78 is 59.3. The van der Waals surface area contributed by atoms with Crippen molar-refractivity contribution in [2.75, 3.05) is 10.5 Å². The first-order valence-electron chi connectivity index (χ1n) is 4.65. The van der Waals surface area contributed by atoms with Crippen molar-refractivity contribution < 1.29 is 21.6 Å². The van der Waals surface area contributed by atoms with Crippen molar-refractivity contribution in [1.29, 1.82) is 0 Å². The van der Waals surface area contributed by atoms with Gasteiger partial charge >= 0.3 is 15.5 Å². The van der Waals surface area contributed by atoms with Crippen molar-refractivity contribution in [3.05, 3.63) is 23.8 Å². The molecular formula is C9H11F3N2O2S. The Morgan fingerprint density at radius 2 is 1.94 bits per heavy atom. The number of nitrogens with one attached hydrogen (secondary N) is 1. The summed E-state index contributed by atoms with van der Waals surface area (Å²) in [5.74, 6) is 0. The van der Waals surface area contributed by atoms with E-state index in [1.807, 2.05) is 6.92 Å². The molecule has 17 heavy (non-hydrogen) atoms. The van der Waals surface area contributed by atoms with Crippen molar-refractivity contribution in [2.45, 2.75) is 18.9 Å². The number of nitrogen functional groups attached to an aromatic ring is 1. The van der Waals surface area contributed by atoms with E-state index in [9.17, 15) is 21.6 Å². The molecule has 0 saturated heterocycles. The summed E-state index contributed by atoms with van der Waals surface area (Å²) in [6.07, 6.45) is 0.609. The SMILES string of the molecule is CCc1ccc(NS(=O)(=O)C(F)(F)F)cc1N. The van der Waals surface area contributed by atoms with E-state index in [1.165, 1.54) is 16.9 Å². The summed E-state index contributed by atoms with van der Waals surface area (Å²) in [5, 5.41) is 0. The fraction of sp³-hybridized carbons (Fsp3) is 0.333. The Balaban J connectivity index is 3.02. The molecule has 4 nitrogen and oxygen atoms in total. The van der Waals surface area contributed by atoms with Gasteiger partial charge in [0.25, 0.3) is 0 Å². The lowest BCUT2D eigenvalue weighted by Gasteiger charge is -2.12. The summed E-state index contributed by atoms with van der Waals surface area (Å²) in [6, 6.07) is 3.87. The zero-order chi connectivity index (χ0) is 13.3. The van der Waals surface area contributed by atoms with E-state index in [4.69, 9.17) is 5.73 Å². The smallest absolute Gasteiger partial charge is 0.398 e. The fourth-order valence-electron chi connectivity index (χ4n) is 1.19. The van der Waals surface area contributed by atoms with Crippen molar-refractivity contribution in [2.24, 2.45) is 0 Å². The third-order valence-electron chi connectivity index (χ3n) is 2.08. The molecule has 0 aliphatic rings. The lowest BCUT2D eigenvalue weighted by molar-refractivity contribution is -0.0429. The van der Waals surface area contributed by atoms with E-state index < -0.39 is 15.5 Å². The number of sulfonamides is 1. The van der Waals surface area contributed by atoms with Gasteiger partial charge in [0.2, 0.25) is 0 Å². The average Bonchev–Trinajstić information content (AvgIpc) is 2.15. The van der Waals surface area contributed by atoms with Crippen LogP contribution >= 0.6 is 0 Å². The van der Waals surface area contributed by atoms with E-state index >= 15 is 0 Å². The molecule has 0 saturated carbocycles. The van der Waals surface area contributed by atoms with Gasteiger partial charge in [0.1, 0.15) is 0 Å². The highest BCUT2D eigenvalue weighted by molar-refractivity contribution is 7.93. The van der Waals surface area contributed by atoms with Crippen molar-refractivity contribution >= 4 is 21.4 Å². The number of alkyl halides is 3. The number of hydrogen-bond acceptors (Lipinski definition) is 3. The number of hydrogen-bond donors (Lipinski definition) is 2. The van der Waals surface area contributed by atoms with Gasteiger partial charge in [-0.25, -0.2) is 0 Å². The van der Waals surface area contributed by atoms with Crippen molar-refractivity contribution in [3.8, 4) is 0 Å². The Labute approximate surface area is 96.7 Å². The van der Waals surface area contributed by atoms with Gasteiger partial charge in [-0.15, -0.1) is 0 Å². The van der Waals surface area contributed by atoms with Gasteiger partial charge in [-0.05, 0) is 24.1 Å². The van der Waals surface area contributed by atoms with Gasteiger partial charge < -0.3 is 5.73 Å². The second kappa shape index (κ2) is 4.44. The van der Waals surface area contributed by atoms with Crippen LogP contribution in [0.25, 0.3) is 0 Å². The van der Waals surface area contributed by atoms with Crippen LogP contribution in [0.2, 0.25) is 0 Å². The largest absolute Gasteiger partial charge is 0.516 e. The number of aryl methyl sites for hydroxylation is 1. The Hall–Kier alpha value is -1.44. The fourth-order valence-corrected chi connectivity index (χ4v) is 1.75. The second-order valence-corrected chi connectivity index (χ2v) is 4.99. The third kappa shape index (κ3) is 3.02. The number of nitrogens with two attached hydrogens (primary N) is 1. The molecule has 0 unspecified atom stereocenters. The molecule has 0 spiro atoms. The van der Waals surface area contributed by atoms with Crippen molar-refractivity contribution in [1.82, 2.24) is 0 Å². The summed E-state index contributed by atoms with van der Waals surface area (Å²) in [4.78, 5) is 0. The first kappa shape index (κ1) is 13.6. The molecule has 0 aromatic heterocycles. The second-order valence-electron chi connectivity index (χ2n) is 3.32. The summed E-state index contributed by atoms with van der Waals surface area (Å²) >= 11 is 0. The summed E-state index contributed by atoms with van der Waals surface area (Å²) in [7, 11) is -5.39. The van der Waals surface area contributed by atoms with Gasteiger partial charge in [-0.2, -0.15) is 21.6 Å². The minimum absolute atomic E-state index is 0.211. The van der Waals surface area contributed by atoms with Gasteiger partial charge in [0.05, 0.1) is 5.69 Å². The van der Waals surface area contributed by atoms with Crippen LogP contribution in [0.1, 0.15) is 12.5 Å². The van der Waals surface area contributed by atoms with E-state index in [0.29, 0.717) is 6.42 Å². The van der Waals surface area contributed by atoms with Gasteiger partial charge in [-0.3, -0.25) is 4.72 Å². The first-order chi connectivity index (χ1) is 7.67. The van der Waals surface area contributed by atoms with Crippen LogP contribution in [0.4, 0.5) is 24.5 Å². The zero-order valence-corrected chi connectivity index (χ0v) is 9.69. The minimum Gasteiger partial charge on any atom is -0.398 e. The molecule has 0 fully saturated rings. The first-order valence-corrected chi connectivity index (χ1v) is 6.13. The van der Waals surface area contributed by atoms with Crippen LogP contribution in [0.15, 0.2) is 18.2 Å². The van der Waals surface area contributed by atoms with Gasteiger partial charge in [0.15, 0.2) is 0 Å². The Morgan fingerprint density at radius 3 is 2.35 bits per heavy atom. The highest BCUT2D eigenvalue weighted by atomic mass is 32.2. The van der Waals surface area contributed by atoms with Crippen LogP contribution < -0.4 is 10.5 Å². The highest BCUT2D eigenvalue weighted by Crippen LogP contribution is 2.26. The maximum absolute atomic E-state index is 12.1. The molecule has 1 aromatic carbocycles. The maximum Gasteiger partial charge on any atom is 0.516 e. The summed E-state index contributed by atoms with van der Waals surface area (Å²) in [5.41, 5.74) is 0.972. The predicted octanol–water partition coefficient (Wildman–Crippen LogP) is 2.09. The predicted molar refractivity (Wildman–Crippen MR) is 58.8 cm³/mol. The lowest BCUT2D eigenvalue weighted by atomic mass is 10.1.